The molecule has 102 valence electrons. The molecule has 1 aromatic rings. The highest BCUT2D eigenvalue weighted by molar-refractivity contribution is 5.90. The molecule has 0 spiro atoms. The van der Waals surface area contributed by atoms with E-state index in [-0.39, 0.29) is 23.7 Å². The maximum absolute atomic E-state index is 11.9. The molecule has 2 heterocycles. The number of piperidine rings is 1. The minimum atomic E-state index is -0.249. The van der Waals surface area contributed by atoms with Crippen molar-refractivity contribution >= 4 is 11.8 Å². The van der Waals surface area contributed by atoms with E-state index in [2.05, 4.69) is 15.3 Å². The minimum Gasteiger partial charge on any atom is -0.346 e. The highest BCUT2D eigenvalue weighted by atomic mass is 16.2. The summed E-state index contributed by atoms with van der Waals surface area (Å²) in [5.41, 5.74) is 0. The van der Waals surface area contributed by atoms with Crippen molar-refractivity contribution in [2.24, 2.45) is 0 Å². The molecule has 1 aromatic heterocycles. The first-order valence-electron chi connectivity index (χ1n) is 6.56. The van der Waals surface area contributed by atoms with Gasteiger partial charge in [-0.2, -0.15) is 0 Å². The van der Waals surface area contributed by atoms with Gasteiger partial charge in [0.1, 0.15) is 0 Å². The molecule has 1 N–H and O–H groups in total. The molecule has 2 amide bonds. The zero-order valence-electron chi connectivity index (χ0n) is 11.0. The van der Waals surface area contributed by atoms with Gasteiger partial charge in [-0.05, 0) is 18.9 Å². The topological polar surface area (TPSA) is 75.2 Å². The number of amides is 2. The van der Waals surface area contributed by atoms with Crippen molar-refractivity contribution in [2.45, 2.75) is 32.2 Å². The van der Waals surface area contributed by atoms with Crippen LogP contribution in [-0.2, 0) is 4.79 Å². The molecule has 6 heteroatoms. The van der Waals surface area contributed by atoms with Gasteiger partial charge in [-0.15, -0.1) is 0 Å². The fourth-order valence-electron chi connectivity index (χ4n) is 2.16. The maximum atomic E-state index is 11.9. The lowest BCUT2D eigenvalue weighted by atomic mass is 10.0. The molecule has 0 radical (unpaired) electrons. The van der Waals surface area contributed by atoms with E-state index in [0.717, 1.165) is 12.8 Å². The number of nitrogens with one attached hydrogen (secondary N) is 1. The molecule has 6 nitrogen and oxygen atoms in total. The normalized spacial score (nSPS) is 16.2. The van der Waals surface area contributed by atoms with Crippen LogP contribution in [0.3, 0.4) is 0 Å². The van der Waals surface area contributed by atoms with Crippen LogP contribution < -0.4 is 5.32 Å². The standard InChI is InChI=1S/C13H18N4O2/c1-2-11(18)17-8-4-10(5-9-17)16-13(19)12-14-6-3-7-15-12/h3,6-7,10H,2,4-5,8-9H2,1H3,(H,16,19). The van der Waals surface area contributed by atoms with Gasteiger partial charge in [-0.1, -0.05) is 6.92 Å². The smallest absolute Gasteiger partial charge is 0.289 e. The molecule has 1 fully saturated rings. The summed E-state index contributed by atoms with van der Waals surface area (Å²) >= 11 is 0. The van der Waals surface area contributed by atoms with Crippen LogP contribution in [0.15, 0.2) is 18.5 Å². The highest BCUT2D eigenvalue weighted by Crippen LogP contribution is 2.11. The Morgan fingerprint density at radius 3 is 2.53 bits per heavy atom. The third-order valence-corrected chi connectivity index (χ3v) is 3.25. The van der Waals surface area contributed by atoms with Crippen LogP contribution in [0.2, 0.25) is 0 Å². The van der Waals surface area contributed by atoms with Gasteiger partial charge in [0.25, 0.3) is 5.91 Å². The van der Waals surface area contributed by atoms with Crippen LogP contribution in [0.4, 0.5) is 0 Å². The van der Waals surface area contributed by atoms with Crippen molar-refractivity contribution in [3.8, 4) is 0 Å². The summed E-state index contributed by atoms with van der Waals surface area (Å²) in [6.45, 7) is 3.27. The van der Waals surface area contributed by atoms with E-state index in [9.17, 15) is 9.59 Å². The highest BCUT2D eigenvalue weighted by Gasteiger charge is 2.23. The second kappa shape index (κ2) is 6.26. The molecule has 19 heavy (non-hydrogen) atoms. The lowest BCUT2D eigenvalue weighted by Crippen LogP contribution is -2.46. The van der Waals surface area contributed by atoms with Crippen LogP contribution in [0.5, 0.6) is 0 Å². The van der Waals surface area contributed by atoms with Crippen molar-refractivity contribution in [2.75, 3.05) is 13.1 Å². The Kier molecular flexibility index (Phi) is 4.43. The zero-order chi connectivity index (χ0) is 13.7. The molecule has 0 bridgehead atoms. The van der Waals surface area contributed by atoms with Gasteiger partial charge < -0.3 is 10.2 Å². The Labute approximate surface area is 112 Å². The molecular formula is C13H18N4O2. The van der Waals surface area contributed by atoms with Crippen molar-refractivity contribution in [1.29, 1.82) is 0 Å². The van der Waals surface area contributed by atoms with Crippen LogP contribution >= 0.6 is 0 Å². The lowest BCUT2D eigenvalue weighted by Gasteiger charge is -2.32. The first-order chi connectivity index (χ1) is 9.20. The number of rotatable bonds is 3. The Balaban J connectivity index is 1.83. The monoisotopic (exact) mass is 262 g/mol. The Hall–Kier alpha value is -1.98. The van der Waals surface area contributed by atoms with E-state index >= 15 is 0 Å². The summed E-state index contributed by atoms with van der Waals surface area (Å²) in [6.07, 6.45) is 5.19. The predicted octanol–water partition coefficient (Wildman–Crippen LogP) is 0.607. The quantitative estimate of drug-likeness (QED) is 0.866. The largest absolute Gasteiger partial charge is 0.346 e. The van der Waals surface area contributed by atoms with Gasteiger partial charge in [-0.25, -0.2) is 9.97 Å². The van der Waals surface area contributed by atoms with Gasteiger partial charge in [0.2, 0.25) is 11.7 Å². The van der Waals surface area contributed by atoms with Gasteiger partial charge in [0.05, 0.1) is 0 Å². The number of hydrogen-bond donors (Lipinski definition) is 1. The van der Waals surface area contributed by atoms with E-state index < -0.39 is 0 Å². The number of hydrogen-bond acceptors (Lipinski definition) is 4. The molecule has 0 saturated carbocycles. The molecule has 1 aliphatic heterocycles. The minimum absolute atomic E-state index is 0.0946. The molecule has 0 unspecified atom stereocenters. The summed E-state index contributed by atoms with van der Waals surface area (Å²) in [6, 6.07) is 1.77. The van der Waals surface area contributed by atoms with Crippen LogP contribution in [-0.4, -0.2) is 45.8 Å². The Morgan fingerprint density at radius 1 is 1.32 bits per heavy atom. The van der Waals surface area contributed by atoms with E-state index in [1.165, 1.54) is 0 Å². The van der Waals surface area contributed by atoms with Crippen LogP contribution in [0.1, 0.15) is 36.8 Å². The first kappa shape index (κ1) is 13.5. The molecule has 2 rings (SSSR count). The summed E-state index contributed by atoms with van der Waals surface area (Å²) in [4.78, 5) is 33.1. The third-order valence-electron chi connectivity index (χ3n) is 3.25. The predicted molar refractivity (Wildman–Crippen MR) is 69.4 cm³/mol. The second-order valence-corrected chi connectivity index (χ2v) is 4.55. The van der Waals surface area contributed by atoms with Gasteiger partial charge in [-0.3, -0.25) is 9.59 Å². The Morgan fingerprint density at radius 2 is 1.95 bits per heavy atom. The van der Waals surface area contributed by atoms with Gasteiger partial charge in [0, 0.05) is 37.9 Å². The van der Waals surface area contributed by atoms with Gasteiger partial charge >= 0.3 is 0 Å². The summed E-state index contributed by atoms with van der Waals surface area (Å²) < 4.78 is 0. The zero-order valence-corrected chi connectivity index (χ0v) is 11.0. The molecule has 0 aliphatic carbocycles. The average Bonchev–Trinajstić information content (AvgIpc) is 2.48. The molecule has 0 aromatic carbocycles. The first-order valence-corrected chi connectivity index (χ1v) is 6.56. The fraction of sp³-hybridized carbons (Fsp3) is 0.538. The molecule has 0 atom stereocenters. The maximum Gasteiger partial charge on any atom is 0.289 e. The van der Waals surface area contributed by atoms with E-state index in [4.69, 9.17) is 0 Å². The lowest BCUT2D eigenvalue weighted by molar-refractivity contribution is -0.131. The average molecular weight is 262 g/mol. The van der Waals surface area contributed by atoms with Crippen molar-refractivity contribution in [3.05, 3.63) is 24.3 Å². The van der Waals surface area contributed by atoms with E-state index in [1.807, 2.05) is 11.8 Å². The molecular weight excluding hydrogens is 244 g/mol. The Bertz CT molecular complexity index is 441. The van der Waals surface area contributed by atoms with Gasteiger partial charge in [0.15, 0.2) is 0 Å². The second-order valence-electron chi connectivity index (χ2n) is 4.55. The SMILES string of the molecule is CCC(=O)N1CCC(NC(=O)c2ncccn2)CC1. The molecule has 1 aliphatic rings. The molecule has 1 saturated heterocycles. The number of likely N-dealkylation sites (tertiary alicyclic amines) is 1. The summed E-state index contributed by atoms with van der Waals surface area (Å²) in [5.74, 6) is 0.117. The fourth-order valence-corrected chi connectivity index (χ4v) is 2.16. The van der Waals surface area contributed by atoms with Crippen molar-refractivity contribution in [3.63, 3.8) is 0 Å². The number of carbonyl (C=O) groups excluding carboxylic acids is 2. The van der Waals surface area contributed by atoms with Crippen molar-refractivity contribution in [1.82, 2.24) is 20.2 Å². The number of aromatic nitrogens is 2. The summed E-state index contributed by atoms with van der Waals surface area (Å²) in [5, 5.41) is 2.91. The van der Waals surface area contributed by atoms with E-state index in [0.29, 0.717) is 19.5 Å². The number of nitrogens with zero attached hydrogens (tertiary/aromatic N) is 3. The van der Waals surface area contributed by atoms with Crippen LogP contribution in [0.25, 0.3) is 0 Å². The van der Waals surface area contributed by atoms with E-state index in [1.54, 1.807) is 18.5 Å². The van der Waals surface area contributed by atoms with Crippen molar-refractivity contribution < 1.29 is 9.59 Å². The van der Waals surface area contributed by atoms with Crippen LogP contribution in [0, 0.1) is 0 Å². The summed E-state index contributed by atoms with van der Waals surface area (Å²) in [7, 11) is 0. The number of carbonyl (C=O) groups is 2. The third kappa shape index (κ3) is 3.49.